The number of carbonyl (C=O) groups is 1. The average Bonchev–Trinajstić information content (AvgIpc) is 3.06. The number of rotatable bonds is 4. The minimum atomic E-state index is -0.268. The van der Waals surface area contributed by atoms with Crippen LogP contribution in [0, 0.1) is 6.92 Å². The van der Waals surface area contributed by atoms with Crippen molar-refractivity contribution >= 4 is 29.0 Å². The lowest BCUT2D eigenvalue weighted by Crippen LogP contribution is -2.43. The van der Waals surface area contributed by atoms with Crippen molar-refractivity contribution in [1.29, 1.82) is 0 Å². The van der Waals surface area contributed by atoms with E-state index in [9.17, 15) is 9.59 Å². The lowest BCUT2D eigenvalue weighted by atomic mass is 10.1. The normalized spacial score (nSPS) is 17.8. The fraction of sp³-hybridized carbons (Fsp3) is 0.333. The first kappa shape index (κ1) is 16.8. The van der Waals surface area contributed by atoms with Gasteiger partial charge in [0.1, 0.15) is 5.82 Å². The summed E-state index contributed by atoms with van der Waals surface area (Å²) in [4.78, 5) is 29.1. The number of fused-ring (bicyclic) bond motifs is 1. The minimum absolute atomic E-state index is 0.112. The molecular weight excluding hydrogens is 350 g/mol. The summed E-state index contributed by atoms with van der Waals surface area (Å²) in [6.07, 6.45) is 5.12. The molecule has 1 unspecified atom stereocenters. The Hall–Kier alpha value is -2.61. The van der Waals surface area contributed by atoms with Crippen molar-refractivity contribution in [3.63, 3.8) is 0 Å². The van der Waals surface area contributed by atoms with E-state index in [1.54, 1.807) is 28.6 Å². The highest BCUT2D eigenvalue weighted by Gasteiger charge is 2.30. The number of H-pyrrole nitrogens is 1. The largest absolute Gasteiger partial charge is 0.324 e. The monoisotopic (exact) mass is 369 g/mol. The zero-order valence-electron chi connectivity index (χ0n) is 14.4. The Kier molecular flexibility index (Phi) is 4.50. The lowest BCUT2D eigenvalue weighted by Gasteiger charge is -2.32. The fourth-order valence-electron chi connectivity index (χ4n) is 3.14. The number of piperidine rings is 1. The van der Waals surface area contributed by atoms with Crippen LogP contribution >= 0.6 is 11.8 Å². The number of carbonyl (C=O) groups excluding carboxylic acids is 1. The topological polar surface area (TPSA) is 83.4 Å². The molecule has 0 saturated carbocycles. The van der Waals surface area contributed by atoms with Gasteiger partial charge in [0, 0.05) is 24.6 Å². The van der Waals surface area contributed by atoms with E-state index < -0.39 is 0 Å². The summed E-state index contributed by atoms with van der Waals surface area (Å²) in [6, 6.07) is 8.05. The Labute approximate surface area is 154 Å². The van der Waals surface area contributed by atoms with Crippen molar-refractivity contribution in [2.45, 2.75) is 30.8 Å². The van der Waals surface area contributed by atoms with Crippen LogP contribution in [0.15, 0.2) is 41.5 Å². The lowest BCUT2D eigenvalue weighted by molar-refractivity contribution is -0.119. The Morgan fingerprint density at radius 2 is 2.04 bits per heavy atom. The number of nitrogens with zero attached hydrogens (tertiary/aromatic N) is 4. The van der Waals surface area contributed by atoms with Gasteiger partial charge in [-0.2, -0.15) is 0 Å². The molecule has 1 amide bonds. The molecule has 26 heavy (non-hydrogen) atoms. The van der Waals surface area contributed by atoms with Crippen molar-refractivity contribution in [1.82, 2.24) is 19.6 Å². The molecule has 8 heteroatoms. The Bertz CT molecular complexity index is 995. The van der Waals surface area contributed by atoms with Gasteiger partial charge in [0.25, 0.3) is 5.56 Å². The molecule has 0 spiro atoms. The van der Waals surface area contributed by atoms with Crippen LogP contribution < -0.4 is 10.5 Å². The molecule has 3 heterocycles. The van der Waals surface area contributed by atoms with Crippen molar-refractivity contribution in [2.24, 2.45) is 0 Å². The number of aromatic nitrogens is 4. The van der Waals surface area contributed by atoms with Gasteiger partial charge in [-0.3, -0.25) is 14.0 Å². The molecule has 134 valence electrons. The smallest absolute Gasteiger partial charge is 0.293 e. The summed E-state index contributed by atoms with van der Waals surface area (Å²) in [5.74, 6) is 1.34. The first-order valence-electron chi connectivity index (χ1n) is 8.54. The maximum absolute atomic E-state index is 12.9. The molecular formula is C18H19N5O2S. The Morgan fingerprint density at radius 3 is 2.85 bits per heavy atom. The van der Waals surface area contributed by atoms with E-state index in [1.165, 1.54) is 5.56 Å². The van der Waals surface area contributed by atoms with Crippen LogP contribution in [-0.2, 0) is 10.5 Å². The van der Waals surface area contributed by atoms with Crippen LogP contribution in [0.2, 0.25) is 0 Å². The number of hydrogen-bond acceptors (Lipinski definition) is 5. The molecule has 1 aliphatic heterocycles. The van der Waals surface area contributed by atoms with E-state index in [0.29, 0.717) is 11.6 Å². The van der Waals surface area contributed by atoms with Crippen molar-refractivity contribution in [3.05, 3.63) is 58.4 Å². The molecule has 1 aliphatic rings. The minimum Gasteiger partial charge on any atom is -0.324 e. The summed E-state index contributed by atoms with van der Waals surface area (Å²) in [6.45, 7) is 2.79. The molecule has 0 aliphatic carbocycles. The van der Waals surface area contributed by atoms with Gasteiger partial charge in [-0.05, 0) is 31.9 Å². The maximum Gasteiger partial charge on any atom is 0.293 e. The summed E-state index contributed by atoms with van der Waals surface area (Å²) in [5.41, 5.74) is 2.14. The highest BCUT2D eigenvalue weighted by atomic mass is 32.2. The zero-order valence-corrected chi connectivity index (χ0v) is 15.2. The van der Waals surface area contributed by atoms with E-state index in [1.807, 2.05) is 36.1 Å². The van der Waals surface area contributed by atoms with Crippen LogP contribution in [-0.4, -0.2) is 37.3 Å². The van der Waals surface area contributed by atoms with Gasteiger partial charge in [-0.1, -0.05) is 17.7 Å². The van der Waals surface area contributed by atoms with Gasteiger partial charge in [-0.15, -0.1) is 22.0 Å². The number of aromatic amines is 1. The fourth-order valence-corrected chi connectivity index (χ4v) is 4.29. The third kappa shape index (κ3) is 3.12. The number of nitrogens with one attached hydrogen (secondary N) is 1. The summed E-state index contributed by atoms with van der Waals surface area (Å²) in [5, 5.41) is 7.92. The summed E-state index contributed by atoms with van der Waals surface area (Å²) >= 11 is 1.56. The molecule has 1 N–H and O–H groups in total. The van der Waals surface area contributed by atoms with E-state index in [2.05, 4.69) is 15.2 Å². The molecule has 3 aromatic rings. The number of anilines is 1. The molecule has 1 fully saturated rings. The molecule has 0 radical (unpaired) electrons. The highest BCUT2D eigenvalue weighted by molar-refractivity contribution is 7.99. The average molecular weight is 369 g/mol. The quantitative estimate of drug-likeness (QED) is 0.762. The van der Waals surface area contributed by atoms with Crippen LogP contribution in [0.3, 0.4) is 0 Å². The van der Waals surface area contributed by atoms with E-state index in [-0.39, 0.29) is 22.4 Å². The summed E-state index contributed by atoms with van der Waals surface area (Å²) in [7, 11) is 0. The number of aryl methyl sites for hydroxylation is 1. The summed E-state index contributed by atoms with van der Waals surface area (Å²) < 4.78 is 1.68. The van der Waals surface area contributed by atoms with Gasteiger partial charge in [0.05, 0.1) is 11.0 Å². The van der Waals surface area contributed by atoms with Crippen LogP contribution in [0.5, 0.6) is 0 Å². The number of thioether (sulfide) groups is 1. The molecule has 4 rings (SSSR count). The molecule has 7 nitrogen and oxygen atoms in total. The van der Waals surface area contributed by atoms with Gasteiger partial charge in [0.2, 0.25) is 11.6 Å². The molecule has 1 saturated heterocycles. The predicted molar refractivity (Wildman–Crippen MR) is 101 cm³/mol. The second-order valence-corrected chi connectivity index (χ2v) is 7.56. The Morgan fingerprint density at radius 1 is 1.23 bits per heavy atom. The predicted octanol–water partition coefficient (Wildman–Crippen LogP) is 2.15. The number of hydrogen-bond donors (Lipinski definition) is 1. The molecule has 1 aromatic carbocycles. The first-order chi connectivity index (χ1) is 12.6. The van der Waals surface area contributed by atoms with Crippen molar-refractivity contribution in [2.75, 3.05) is 11.4 Å². The van der Waals surface area contributed by atoms with E-state index >= 15 is 0 Å². The van der Waals surface area contributed by atoms with Gasteiger partial charge >= 0.3 is 0 Å². The van der Waals surface area contributed by atoms with E-state index in [0.717, 1.165) is 25.1 Å². The second kappa shape index (κ2) is 6.95. The van der Waals surface area contributed by atoms with Crippen molar-refractivity contribution in [3.8, 4) is 0 Å². The molecule has 0 bridgehead atoms. The molecule has 1 atom stereocenters. The maximum atomic E-state index is 12.9. The van der Waals surface area contributed by atoms with Gasteiger partial charge < -0.3 is 9.88 Å². The zero-order chi connectivity index (χ0) is 18.1. The van der Waals surface area contributed by atoms with Crippen molar-refractivity contribution < 1.29 is 4.79 Å². The van der Waals surface area contributed by atoms with Gasteiger partial charge in [0.15, 0.2) is 0 Å². The number of amides is 1. The van der Waals surface area contributed by atoms with Crippen LogP contribution in [0.25, 0.3) is 5.65 Å². The van der Waals surface area contributed by atoms with Gasteiger partial charge in [-0.25, -0.2) is 0 Å². The third-order valence-corrected chi connectivity index (χ3v) is 5.82. The van der Waals surface area contributed by atoms with Crippen LogP contribution in [0.1, 0.15) is 24.2 Å². The molecule has 2 aromatic heterocycles. The second-order valence-electron chi connectivity index (χ2n) is 6.37. The first-order valence-corrected chi connectivity index (χ1v) is 9.59. The SMILES string of the molecule is Cc1ccc(N2CCCC(SCc3nnc4c(=O)[nH]ccn34)C2=O)cc1. The number of benzene rings is 1. The third-order valence-electron chi connectivity index (χ3n) is 4.56. The highest BCUT2D eigenvalue weighted by Crippen LogP contribution is 2.29. The van der Waals surface area contributed by atoms with E-state index in [4.69, 9.17) is 0 Å². The standard InChI is InChI=1S/C18H19N5O2S/c1-12-4-6-13(7-5-12)22-9-2-3-14(18(22)25)26-11-15-20-21-16-17(24)19-8-10-23(15)16/h4-8,10,14H,2-3,9,11H2,1H3,(H,19,24). The Balaban J connectivity index is 1.49. The van der Waals surface area contributed by atoms with Crippen LogP contribution in [0.4, 0.5) is 5.69 Å².